The van der Waals surface area contributed by atoms with Gasteiger partial charge in [0.2, 0.25) is 0 Å². The zero-order chi connectivity index (χ0) is 18.2. The Morgan fingerprint density at radius 1 is 1.29 bits per heavy atom. The molecular weight excluding hydrogens is 323 g/mol. The molecule has 0 radical (unpaired) electrons. The molecule has 2 N–H and O–H groups in total. The van der Waals surface area contributed by atoms with Gasteiger partial charge in [-0.05, 0) is 31.5 Å². The Morgan fingerprint density at radius 2 is 2.00 bits per heavy atom. The minimum absolute atomic E-state index is 0.169. The van der Waals surface area contributed by atoms with Crippen molar-refractivity contribution in [2.24, 2.45) is 4.99 Å². The van der Waals surface area contributed by atoms with Gasteiger partial charge < -0.3 is 15.4 Å². The van der Waals surface area contributed by atoms with Gasteiger partial charge in [-0.25, -0.2) is 0 Å². The predicted octanol–water partition coefficient (Wildman–Crippen LogP) is 2.71. The lowest BCUT2D eigenvalue weighted by molar-refractivity contribution is -0.147. The number of halogens is 3. The molecule has 1 rings (SSSR count). The molecule has 134 valence electrons. The second-order valence-electron chi connectivity index (χ2n) is 5.34. The molecular formula is C16H22F3N3O2. The fourth-order valence-corrected chi connectivity index (χ4v) is 1.87. The highest BCUT2D eigenvalue weighted by atomic mass is 19.4. The maximum atomic E-state index is 12.7. The number of ether oxygens (including phenoxy) is 1. The summed E-state index contributed by atoms with van der Waals surface area (Å²) in [4.78, 5) is 15.4. The number of carbonyl (C=O) groups excluding carboxylic acids is 1. The molecule has 0 bridgehead atoms. The highest BCUT2D eigenvalue weighted by Gasteiger charge is 2.30. The van der Waals surface area contributed by atoms with E-state index < -0.39 is 11.7 Å². The van der Waals surface area contributed by atoms with Crippen molar-refractivity contribution in [1.82, 2.24) is 10.6 Å². The van der Waals surface area contributed by atoms with Gasteiger partial charge in [0.25, 0.3) is 0 Å². The number of benzene rings is 1. The Balaban J connectivity index is 2.46. The molecule has 0 saturated heterocycles. The Labute approximate surface area is 139 Å². The third kappa shape index (κ3) is 7.34. The van der Waals surface area contributed by atoms with Crippen LogP contribution in [0.25, 0.3) is 0 Å². The summed E-state index contributed by atoms with van der Waals surface area (Å²) in [6.45, 7) is 4.02. The Kier molecular flexibility index (Phi) is 7.54. The van der Waals surface area contributed by atoms with Crippen LogP contribution in [0.4, 0.5) is 13.2 Å². The summed E-state index contributed by atoms with van der Waals surface area (Å²) in [7, 11) is 1.54. The zero-order valence-electron chi connectivity index (χ0n) is 13.9. The van der Waals surface area contributed by atoms with Crippen LogP contribution in [0, 0.1) is 0 Å². The van der Waals surface area contributed by atoms with Crippen LogP contribution in [0.2, 0.25) is 0 Å². The largest absolute Gasteiger partial charge is 0.463 e. The van der Waals surface area contributed by atoms with Crippen LogP contribution in [0.1, 0.15) is 31.4 Å². The second kappa shape index (κ2) is 9.14. The molecule has 0 aromatic heterocycles. The molecule has 0 fully saturated rings. The van der Waals surface area contributed by atoms with Gasteiger partial charge in [0.1, 0.15) is 0 Å². The smallest absolute Gasteiger partial charge is 0.416 e. The average Bonchev–Trinajstić information content (AvgIpc) is 2.49. The van der Waals surface area contributed by atoms with E-state index in [2.05, 4.69) is 15.6 Å². The van der Waals surface area contributed by atoms with Crippen molar-refractivity contribution >= 4 is 11.9 Å². The fourth-order valence-electron chi connectivity index (χ4n) is 1.87. The van der Waals surface area contributed by atoms with Crippen molar-refractivity contribution in [3.05, 3.63) is 35.4 Å². The third-order valence-electron chi connectivity index (χ3n) is 2.93. The highest BCUT2D eigenvalue weighted by Crippen LogP contribution is 2.29. The molecule has 0 unspecified atom stereocenters. The summed E-state index contributed by atoms with van der Waals surface area (Å²) >= 11 is 0. The first-order valence-corrected chi connectivity index (χ1v) is 7.52. The molecule has 5 nitrogen and oxygen atoms in total. The summed E-state index contributed by atoms with van der Waals surface area (Å²) in [5, 5.41) is 5.80. The zero-order valence-corrected chi connectivity index (χ0v) is 13.9. The molecule has 0 atom stereocenters. The van der Waals surface area contributed by atoms with E-state index in [1.54, 1.807) is 19.9 Å². The molecule has 0 spiro atoms. The molecule has 1 aromatic carbocycles. The van der Waals surface area contributed by atoms with Crippen molar-refractivity contribution in [2.75, 3.05) is 13.6 Å². The first kappa shape index (κ1) is 19.8. The van der Waals surface area contributed by atoms with Crippen LogP contribution in [0.5, 0.6) is 0 Å². The Morgan fingerprint density at radius 3 is 2.58 bits per heavy atom. The number of aliphatic imine (C=N–C) groups is 1. The number of carbonyl (C=O) groups is 1. The lowest BCUT2D eigenvalue weighted by atomic mass is 10.1. The van der Waals surface area contributed by atoms with Gasteiger partial charge in [0, 0.05) is 20.1 Å². The van der Waals surface area contributed by atoms with Gasteiger partial charge in [-0.3, -0.25) is 9.79 Å². The second-order valence-corrected chi connectivity index (χ2v) is 5.34. The summed E-state index contributed by atoms with van der Waals surface area (Å²) in [6, 6.07) is 5.06. The number of nitrogens with zero attached hydrogens (tertiary/aromatic N) is 1. The van der Waals surface area contributed by atoms with E-state index in [9.17, 15) is 18.0 Å². The SMILES string of the molecule is CN=C(NCCC(=O)OC(C)C)NCc1cccc(C(F)(F)F)c1. The molecule has 1 aromatic rings. The van der Waals surface area contributed by atoms with Gasteiger partial charge in [-0.1, -0.05) is 12.1 Å². The van der Waals surface area contributed by atoms with E-state index in [0.29, 0.717) is 18.1 Å². The molecule has 0 amide bonds. The van der Waals surface area contributed by atoms with Crippen molar-refractivity contribution < 1.29 is 22.7 Å². The summed E-state index contributed by atoms with van der Waals surface area (Å²) < 4.78 is 43.0. The maximum Gasteiger partial charge on any atom is 0.416 e. The van der Waals surface area contributed by atoms with Crippen molar-refractivity contribution in [2.45, 2.75) is 39.1 Å². The monoisotopic (exact) mass is 345 g/mol. The molecule has 0 aliphatic heterocycles. The van der Waals surface area contributed by atoms with Gasteiger partial charge in [-0.2, -0.15) is 13.2 Å². The molecule has 0 aliphatic rings. The van der Waals surface area contributed by atoms with E-state index in [0.717, 1.165) is 12.1 Å². The Hall–Kier alpha value is -2.25. The normalized spacial score (nSPS) is 12.2. The van der Waals surface area contributed by atoms with Crippen LogP contribution < -0.4 is 10.6 Å². The predicted molar refractivity (Wildman–Crippen MR) is 85.5 cm³/mol. The third-order valence-corrected chi connectivity index (χ3v) is 2.93. The lowest BCUT2D eigenvalue weighted by Crippen LogP contribution is -2.38. The quantitative estimate of drug-likeness (QED) is 0.473. The number of rotatable bonds is 6. The van der Waals surface area contributed by atoms with Crippen LogP contribution >= 0.6 is 0 Å². The maximum absolute atomic E-state index is 12.7. The number of nitrogens with one attached hydrogen (secondary N) is 2. The van der Waals surface area contributed by atoms with Gasteiger partial charge in [-0.15, -0.1) is 0 Å². The van der Waals surface area contributed by atoms with Gasteiger partial charge >= 0.3 is 12.1 Å². The molecule has 0 saturated carbocycles. The number of guanidine groups is 1. The molecule has 24 heavy (non-hydrogen) atoms. The number of alkyl halides is 3. The molecule has 8 heteroatoms. The average molecular weight is 345 g/mol. The number of hydrogen-bond donors (Lipinski definition) is 2. The summed E-state index contributed by atoms with van der Waals surface area (Å²) in [5.74, 6) is 0.0654. The van der Waals surface area contributed by atoms with E-state index in [1.165, 1.54) is 13.1 Å². The first-order chi connectivity index (χ1) is 11.2. The Bertz CT molecular complexity index is 572. The minimum atomic E-state index is -4.37. The first-order valence-electron chi connectivity index (χ1n) is 7.52. The highest BCUT2D eigenvalue weighted by molar-refractivity contribution is 5.80. The standard InChI is InChI=1S/C16H22F3N3O2/c1-11(2)24-14(23)7-8-21-15(20-3)22-10-12-5-4-6-13(9-12)16(17,18)19/h4-6,9,11H,7-8,10H2,1-3H3,(H2,20,21,22). The van der Waals surface area contributed by atoms with E-state index in [-0.39, 0.29) is 25.0 Å². The fraction of sp³-hybridized carbons (Fsp3) is 0.500. The topological polar surface area (TPSA) is 62.7 Å². The molecule has 0 aliphatic carbocycles. The van der Waals surface area contributed by atoms with Crippen molar-refractivity contribution in [3.63, 3.8) is 0 Å². The van der Waals surface area contributed by atoms with Crippen molar-refractivity contribution in [3.8, 4) is 0 Å². The van der Waals surface area contributed by atoms with E-state index in [1.807, 2.05) is 0 Å². The van der Waals surface area contributed by atoms with Crippen LogP contribution in [0.15, 0.2) is 29.3 Å². The summed E-state index contributed by atoms with van der Waals surface area (Å²) in [5.41, 5.74) is -0.215. The van der Waals surface area contributed by atoms with Crippen LogP contribution in [0.3, 0.4) is 0 Å². The van der Waals surface area contributed by atoms with Gasteiger partial charge in [0.05, 0.1) is 18.1 Å². The lowest BCUT2D eigenvalue weighted by Gasteiger charge is -2.13. The van der Waals surface area contributed by atoms with Gasteiger partial charge in [0.15, 0.2) is 5.96 Å². The number of hydrogen-bond acceptors (Lipinski definition) is 3. The van der Waals surface area contributed by atoms with Crippen molar-refractivity contribution in [1.29, 1.82) is 0 Å². The minimum Gasteiger partial charge on any atom is -0.463 e. The molecule has 0 heterocycles. The van der Waals surface area contributed by atoms with Crippen LogP contribution in [-0.4, -0.2) is 31.6 Å². The van der Waals surface area contributed by atoms with Crippen LogP contribution in [-0.2, 0) is 22.3 Å². The van der Waals surface area contributed by atoms with E-state index in [4.69, 9.17) is 4.74 Å². The van der Waals surface area contributed by atoms with E-state index >= 15 is 0 Å². The summed E-state index contributed by atoms with van der Waals surface area (Å²) in [6.07, 6.45) is -4.37. The number of esters is 1.